The van der Waals surface area contributed by atoms with Crippen molar-refractivity contribution in [2.45, 2.75) is 25.6 Å². The molecule has 2 rings (SSSR count). The van der Waals surface area contributed by atoms with Crippen molar-refractivity contribution in [2.75, 3.05) is 19.1 Å². The summed E-state index contributed by atoms with van der Waals surface area (Å²) in [5.74, 6) is 0.667. The van der Waals surface area contributed by atoms with E-state index in [1.54, 1.807) is 0 Å². The van der Waals surface area contributed by atoms with Crippen molar-refractivity contribution in [3.63, 3.8) is 0 Å². The number of halogens is 1. The van der Waals surface area contributed by atoms with Gasteiger partial charge in [-0.1, -0.05) is 6.92 Å². The smallest absolute Gasteiger partial charge is 0.0944 e. The van der Waals surface area contributed by atoms with Crippen molar-refractivity contribution in [3.8, 4) is 0 Å². The van der Waals surface area contributed by atoms with E-state index in [-0.39, 0.29) is 0 Å². The molecular formula is C7H13ClO2. The van der Waals surface area contributed by atoms with Crippen LogP contribution in [0.1, 0.15) is 13.3 Å². The van der Waals surface area contributed by atoms with Crippen LogP contribution in [0.2, 0.25) is 0 Å². The summed E-state index contributed by atoms with van der Waals surface area (Å²) in [5.41, 5.74) is 0. The Bertz CT molecular complexity index is 77.6. The average Bonchev–Trinajstić information content (AvgIpc) is 2.86. The molecular weight excluding hydrogens is 152 g/mol. The fraction of sp³-hybridized carbons (Fsp3) is 1.00. The minimum atomic E-state index is 0.400. The first kappa shape index (κ1) is 8.31. The first-order valence-corrected chi connectivity index (χ1v) is 4.19. The van der Waals surface area contributed by atoms with Gasteiger partial charge in [-0.25, -0.2) is 0 Å². The van der Waals surface area contributed by atoms with Gasteiger partial charge in [0.1, 0.15) is 0 Å². The third-order valence-electron chi connectivity index (χ3n) is 1.43. The van der Waals surface area contributed by atoms with Crippen LogP contribution < -0.4 is 0 Å². The van der Waals surface area contributed by atoms with Gasteiger partial charge in [-0.15, -0.1) is 11.6 Å². The predicted molar refractivity (Wildman–Crippen MR) is 40.5 cm³/mol. The van der Waals surface area contributed by atoms with Gasteiger partial charge in [-0.05, 0) is 6.42 Å². The standard InChI is InChI=1S/C4H8O.C3H5ClO/c1-2-4-3-5-4;4-1-3-2-5-3/h4H,2-3H2,1H3;3H,1-2H2/t4-;3-/m10/s1. The van der Waals surface area contributed by atoms with Crippen molar-refractivity contribution in [2.24, 2.45) is 0 Å². The molecule has 0 radical (unpaired) electrons. The third kappa shape index (κ3) is 4.09. The number of alkyl halides is 1. The Morgan fingerprint density at radius 3 is 1.80 bits per heavy atom. The van der Waals surface area contributed by atoms with E-state index in [4.69, 9.17) is 21.1 Å². The van der Waals surface area contributed by atoms with E-state index in [2.05, 4.69) is 6.92 Å². The van der Waals surface area contributed by atoms with Crippen LogP contribution in [0.5, 0.6) is 0 Å². The first-order valence-electron chi connectivity index (χ1n) is 3.66. The van der Waals surface area contributed by atoms with E-state index in [0.29, 0.717) is 18.1 Å². The van der Waals surface area contributed by atoms with E-state index in [9.17, 15) is 0 Å². The molecule has 0 amide bonds. The summed E-state index contributed by atoms with van der Waals surface area (Å²) in [6, 6.07) is 0. The van der Waals surface area contributed by atoms with Gasteiger partial charge in [-0.3, -0.25) is 0 Å². The summed E-state index contributed by atoms with van der Waals surface area (Å²) >= 11 is 5.27. The summed E-state index contributed by atoms with van der Waals surface area (Å²) in [6.45, 7) is 4.03. The highest BCUT2D eigenvalue weighted by Crippen LogP contribution is 2.10. The van der Waals surface area contributed by atoms with Crippen LogP contribution in [0.25, 0.3) is 0 Å². The highest BCUT2D eigenvalue weighted by molar-refractivity contribution is 6.18. The number of hydrogen-bond donors (Lipinski definition) is 0. The topological polar surface area (TPSA) is 25.1 Å². The van der Waals surface area contributed by atoms with Gasteiger partial charge in [0.25, 0.3) is 0 Å². The Morgan fingerprint density at radius 2 is 1.80 bits per heavy atom. The Hall–Kier alpha value is 0.210. The zero-order valence-corrected chi connectivity index (χ0v) is 6.93. The summed E-state index contributed by atoms with van der Waals surface area (Å²) in [5, 5.41) is 0. The Labute approximate surface area is 66.5 Å². The Morgan fingerprint density at radius 1 is 1.30 bits per heavy atom. The zero-order valence-electron chi connectivity index (χ0n) is 6.18. The van der Waals surface area contributed by atoms with Gasteiger partial charge < -0.3 is 9.47 Å². The quantitative estimate of drug-likeness (QED) is 0.456. The molecule has 2 nitrogen and oxygen atoms in total. The van der Waals surface area contributed by atoms with Gasteiger partial charge in [0.15, 0.2) is 0 Å². The maximum atomic E-state index is 5.27. The van der Waals surface area contributed by atoms with Crippen molar-refractivity contribution in [3.05, 3.63) is 0 Å². The number of epoxide rings is 2. The van der Waals surface area contributed by atoms with E-state index in [1.165, 1.54) is 6.42 Å². The first-order chi connectivity index (χ1) is 4.86. The monoisotopic (exact) mass is 164 g/mol. The molecule has 60 valence electrons. The number of rotatable bonds is 2. The van der Waals surface area contributed by atoms with E-state index in [1.807, 2.05) is 0 Å². The second kappa shape index (κ2) is 4.16. The molecule has 2 fully saturated rings. The summed E-state index contributed by atoms with van der Waals surface area (Å²) < 4.78 is 9.58. The molecule has 2 aliphatic heterocycles. The van der Waals surface area contributed by atoms with Crippen LogP contribution in [-0.4, -0.2) is 31.3 Å². The molecule has 0 aromatic carbocycles. The zero-order chi connectivity index (χ0) is 7.40. The van der Waals surface area contributed by atoms with Crippen LogP contribution in [0.4, 0.5) is 0 Å². The van der Waals surface area contributed by atoms with Gasteiger partial charge >= 0.3 is 0 Å². The molecule has 0 bridgehead atoms. The number of hydrogen-bond acceptors (Lipinski definition) is 2. The highest BCUT2D eigenvalue weighted by atomic mass is 35.5. The molecule has 3 heteroatoms. The molecule has 2 atom stereocenters. The summed E-state index contributed by atoms with van der Waals surface area (Å²) in [6.07, 6.45) is 2.23. The molecule has 0 aromatic rings. The molecule has 2 heterocycles. The normalized spacial score (nSPS) is 34.2. The maximum absolute atomic E-state index is 5.27. The fourth-order valence-corrected chi connectivity index (χ4v) is 0.639. The Kier molecular flexibility index (Phi) is 3.46. The lowest BCUT2D eigenvalue weighted by molar-refractivity contribution is 0.403. The minimum absolute atomic E-state index is 0.400. The number of ether oxygens (including phenoxy) is 2. The summed E-state index contributed by atoms with van der Waals surface area (Å²) in [7, 11) is 0. The van der Waals surface area contributed by atoms with Crippen LogP contribution in [-0.2, 0) is 9.47 Å². The van der Waals surface area contributed by atoms with Gasteiger partial charge in [0.05, 0.1) is 31.3 Å². The van der Waals surface area contributed by atoms with Crippen molar-refractivity contribution in [1.29, 1.82) is 0 Å². The molecule has 0 unspecified atom stereocenters. The van der Waals surface area contributed by atoms with Crippen molar-refractivity contribution >= 4 is 11.6 Å². The van der Waals surface area contributed by atoms with E-state index < -0.39 is 0 Å². The molecule has 10 heavy (non-hydrogen) atoms. The SMILES string of the molecule is CC[C@@H]1CO1.ClC[C@H]1CO1. The van der Waals surface area contributed by atoms with Crippen LogP contribution >= 0.6 is 11.6 Å². The molecule has 0 N–H and O–H groups in total. The second-order valence-corrected chi connectivity index (χ2v) is 2.78. The predicted octanol–water partition coefficient (Wildman–Crippen LogP) is 1.42. The van der Waals surface area contributed by atoms with Gasteiger partial charge in [-0.2, -0.15) is 0 Å². The summed E-state index contributed by atoms with van der Waals surface area (Å²) in [4.78, 5) is 0. The van der Waals surface area contributed by atoms with Crippen molar-refractivity contribution in [1.82, 2.24) is 0 Å². The Balaban J connectivity index is 0.0000001000. The average molecular weight is 165 g/mol. The molecule has 0 aliphatic carbocycles. The van der Waals surface area contributed by atoms with Crippen molar-refractivity contribution < 1.29 is 9.47 Å². The van der Waals surface area contributed by atoms with E-state index in [0.717, 1.165) is 13.2 Å². The van der Waals surface area contributed by atoms with E-state index >= 15 is 0 Å². The largest absolute Gasteiger partial charge is 0.373 e. The highest BCUT2D eigenvalue weighted by Gasteiger charge is 2.19. The molecule has 2 saturated heterocycles. The lowest BCUT2D eigenvalue weighted by Crippen LogP contribution is -1.80. The second-order valence-electron chi connectivity index (χ2n) is 2.47. The minimum Gasteiger partial charge on any atom is -0.373 e. The molecule has 2 aliphatic rings. The van der Waals surface area contributed by atoms with Crippen LogP contribution in [0, 0.1) is 0 Å². The lowest BCUT2D eigenvalue weighted by atomic mass is 10.4. The third-order valence-corrected chi connectivity index (χ3v) is 1.78. The molecule has 0 spiro atoms. The lowest BCUT2D eigenvalue weighted by Gasteiger charge is -1.69. The molecule has 0 saturated carbocycles. The molecule has 0 aromatic heterocycles. The van der Waals surface area contributed by atoms with Crippen LogP contribution in [0.15, 0.2) is 0 Å². The maximum Gasteiger partial charge on any atom is 0.0944 e. The van der Waals surface area contributed by atoms with Gasteiger partial charge in [0.2, 0.25) is 0 Å². The fourth-order valence-electron chi connectivity index (χ4n) is 0.461. The van der Waals surface area contributed by atoms with Gasteiger partial charge in [0, 0.05) is 0 Å². The van der Waals surface area contributed by atoms with Crippen LogP contribution in [0.3, 0.4) is 0 Å².